The van der Waals surface area contributed by atoms with Gasteiger partial charge in [-0.05, 0) is 111 Å². The molecule has 1 saturated heterocycles. The van der Waals surface area contributed by atoms with Crippen molar-refractivity contribution in [3.8, 4) is 0 Å². The smallest absolute Gasteiger partial charge is 0.256 e. The molecule has 1 aliphatic heterocycles. The molecule has 0 aromatic rings. The maximum absolute atomic E-state index is 6.98. The van der Waals surface area contributed by atoms with Crippen LogP contribution in [0, 0.1) is 0 Å². The van der Waals surface area contributed by atoms with E-state index in [1.54, 1.807) is 0 Å². The van der Waals surface area contributed by atoms with E-state index in [9.17, 15) is 0 Å². The van der Waals surface area contributed by atoms with Crippen molar-refractivity contribution in [2.45, 2.75) is 159 Å². The molecule has 0 N–H and O–H groups in total. The van der Waals surface area contributed by atoms with Crippen LogP contribution in [0.2, 0.25) is 0 Å². The van der Waals surface area contributed by atoms with Crippen LogP contribution >= 0.6 is 34.1 Å². The second-order valence-corrected chi connectivity index (χ2v) is 17.9. The topological polar surface area (TPSA) is 49.9 Å². The number of hydrogen-bond donors (Lipinski definition) is 0. The van der Waals surface area contributed by atoms with Gasteiger partial charge in [-0.3, -0.25) is 17.2 Å². The Kier molecular flexibility index (Phi) is 15.7. The van der Waals surface area contributed by atoms with E-state index in [-0.39, 0.29) is 48.3 Å². The predicted octanol–water partition coefficient (Wildman–Crippen LogP) is 9.45. The molecule has 0 atom stereocenters. The first-order valence-corrected chi connectivity index (χ1v) is 18.1. The third-order valence-corrected chi connectivity index (χ3v) is 15.2. The van der Waals surface area contributed by atoms with E-state index in [1.807, 2.05) is 0 Å². The molecule has 1 aliphatic rings. The van der Waals surface area contributed by atoms with Crippen molar-refractivity contribution in [3.63, 3.8) is 0 Å². The first-order valence-electron chi connectivity index (χ1n) is 13.6. The molecule has 8 nitrogen and oxygen atoms in total. The van der Waals surface area contributed by atoms with Crippen LogP contribution in [0.15, 0.2) is 0 Å². The second-order valence-electron chi connectivity index (χ2n) is 11.5. The van der Waals surface area contributed by atoms with Gasteiger partial charge in [-0.2, -0.15) is 0 Å². The van der Waals surface area contributed by atoms with Crippen LogP contribution in [0.5, 0.6) is 0 Å². The molecule has 1 fully saturated rings. The molecule has 12 heteroatoms. The molecular weight excluding hydrogens is 532 g/mol. The van der Waals surface area contributed by atoms with Gasteiger partial charge in [-0.1, -0.05) is 0 Å². The number of hydrogen-bond acceptors (Lipinski definition) is 8. The molecule has 0 aromatic heterocycles. The third-order valence-electron chi connectivity index (χ3n) is 5.55. The summed E-state index contributed by atoms with van der Waals surface area (Å²) in [5.41, 5.74) is 0. The van der Waals surface area contributed by atoms with Gasteiger partial charge in [-0.15, -0.1) is 0 Å². The summed E-state index contributed by atoms with van der Waals surface area (Å²) < 4.78 is 37.3. The SMILES string of the molecule is CC(C)N(C(C)C)P1OP(N(C(C)C)C(C)C)OP(N(C(C)C)C(C)C)OP(N(C(C)C)C(C)C)O1. The summed E-state index contributed by atoms with van der Waals surface area (Å²) in [5, 5.41) is 0. The van der Waals surface area contributed by atoms with Crippen molar-refractivity contribution < 1.29 is 17.2 Å². The average molecular weight is 589 g/mol. The molecule has 0 spiro atoms. The Morgan fingerprint density at radius 3 is 0.472 bits per heavy atom. The summed E-state index contributed by atoms with van der Waals surface area (Å²) in [4.78, 5) is 0. The van der Waals surface area contributed by atoms with Crippen molar-refractivity contribution in [1.29, 1.82) is 0 Å². The van der Waals surface area contributed by atoms with Crippen molar-refractivity contribution in [2.75, 3.05) is 0 Å². The Morgan fingerprint density at radius 1 is 0.278 bits per heavy atom. The minimum Gasteiger partial charge on any atom is -0.256 e. The van der Waals surface area contributed by atoms with Crippen LogP contribution in [0.4, 0.5) is 0 Å². The van der Waals surface area contributed by atoms with Gasteiger partial charge in [-0.25, -0.2) is 18.7 Å². The fourth-order valence-corrected chi connectivity index (χ4v) is 13.7. The lowest BCUT2D eigenvalue weighted by molar-refractivity contribution is 0.198. The zero-order valence-corrected chi connectivity index (χ0v) is 29.4. The first kappa shape index (κ1) is 35.4. The zero-order valence-electron chi connectivity index (χ0n) is 25.8. The highest BCUT2D eigenvalue weighted by molar-refractivity contribution is 7.71. The maximum Gasteiger partial charge on any atom is 0.272 e. The molecule has 0 amide bonds. The Bertz CT molecular complexity index is 485. The van der Waals surface area contributed by atoms with Crippen LogP contribution < -0.4 is 0 Å². The van der Waals surface area contributed by atoms with E-state index in [1.165, 1.54) is 0 Å². The summed E-state index contributed by atoms with van der Waals surface area (Å²) in [6, 6.07) is 2.05. The van der Waals surface area contributed by atoms with E-state index in [0.29, 0.717) is 0 Å². The monoisotopic (exact) mass is 588 g/mol. The van der Waals surface area contributed by atoms with Crippen LogP contribution in [-0.2, 0) is 17.2 Å². The second kappa shape index (κ2) is 16.0. The fourth-order valence-electron chi connectivity index (χ4n) is 4.53. The molecule has 0 bridgehead atoms. The van der Waals surface area contributed by atoms with Gasteiger partial charge in [0.2, 0.25) is 0 Å². The predicted molar refractivity (Wildman–Crippen MR) is 160 cm³/mol. The lowest BCUT2D eigenvalue weighted by atomic mass is 10.3. The average Bonchev–Trinajstić information content (AvgIpc) is 2.63. The molecule has 0 radical (unpaired) electrons. The van der Waals surface area contributed by atoms with E-state index in [2.05, 4.69) is 129 Å². The standard InChI is InChI=1S/C24H56N4O4P4/c1-17(2)25(18(3)4)33-29-34(26(19(5)6)20(7)8)31-36(28(23(13)14)24(15)16)32-35(30-33)27(21(9)10)22(11)12/h17-24H,1-16H3. The van der Waals surface area contributed by atoms with Gasteiger partial charge in [0.1, 0.15) is 0 Å². The molecule has 1 heterocycles. The van der Waals surface area contributed by atoms with Gasteiger partial charge in [0.15, 0.2) is 0 Å². The third kappa shape index (κ3) is 9.79. The highest BCUT2D eigenvalue weighted by atomic mass is 31.3. The Hall–Kier alpha value is 1.40. The summed E-state index contributed by atoms with van der Waals surface area (Å²) in [6.45, 7) is 35.3. The van der Waals surface area contributed by atoms with Crippen LogP contribution in [0.3, 0.4) is 0 Å². The van der Waals surface area contributed by atoms with E-state index < -0.39 is 34.1 Å². The Morgan fingerprint density at radius 2 is 0.389 bits per heavy atom. The van der Waals surface area contributed by atoms with Crippen molar-refractivity contribution in [3.05, 3.63) is 0 Å². The first-order chi connectivity index (χ1) is 16.5. The van der Waals surface area contributed by atoms with Crippen LogP contribution in [0.25, 0.3) is 0 Å². The van der Waals surface area contributed by atoms with E-state index in [0.717, 1.165) is 0 Å². The van der Waals surface area contributed by atoms with Crippen molar-refractivity contribution in [1.82, 2.24) is 18.7 Å². The lowest BCUT2D eigenvalue weighted by Gasteiger charge is -2.48. The highest BCUT2D eigenvalue weighted by Crippen LogP contribution is 2.76. The van der Waals surface area contributed by atoms with Crippen LogP contribution in [-0.4, -0.2) is 67.0 Å². The van der Waals surface area contributed by atoms with Gasteiger partial charge in [0, 0.05) is 48.3 Å². The molecule has 36 heavy (non-hydrogen) atoms. The summed E-state index contributed by atoms with van der Waals surface area (Å²) in [6.07, 6.45) is 0. The quantitative estimate of drug-likeness (QED) is 0.209. The highest BCUT2D eigenvalue weighted by Gasteiger charge is 2.47. The molecular formula is C24H56N4O4P4. The molecule has 0 saturated carbocycles. The Labute approximate surface area is 229 Å². The number of rotatable bonds is 12. The van der Waals surface area contributed by atoms with E-state index >= 15 is 0 Å². The minimum atomic E-state index is -1.42. The zero-order chi connectivity index (χ0) is 28.1. The summed E-state index contributed by atoms with van der Waals surface area (Å²) >= 11 is 0. The van der Waals surface area contributed by atoms with E-state index in [4.69, 9.17) is 17.2 Å². The van der Waals surface area contributed by atoms with Gasteiger partial charge < -0.3 is 0 Å². The number of nitrogens with zero attached hydrogens (tertiary/aromatic N) is 4. The largest absolute Gasteiger partial charge is 0.272 e. The van der Waals surface area contributed by atoms with Gasteiger partial charge in [0.05, 0.1) is 0 Å². The van der Waals surface area contributed by atoms with Gasteiger partial charge in [0.25, 0.3) is 34.1 Å². The maximum atomic E-state index is 6.98. The molecule has 0 aliphatic carbocycles. The summed E-state index contributed by atoms with van der Waals surface area (Å²) in [5.74, 6) is 0. The van der Waals surface area contributed by atoms with Crippen molar-refractivity contribution >= 4 is 34.1 Å². The minimum absolute atomic E-state index is 0.256. The van der Waals surface area contributed by atoms with Crippen molar-refractivity contribution in [2.24, 2.45) is 0 Å². The molecule has 1 rings (SSSR count). The molecule has 0 aromatic carbocycles. The fraction of sp³-hybridized carbons (Fsp3) is 1.00. The molecule has 0 unspecified atom stereocenters. The normalized spacial score (nSPS) is 25.0. The lowest BCUT2D eigenvalue weighted by Crippen LogP contribution is -2.39. The van der Waals surface area contributed by atoms with Gasteiger partial charge >= 0.3 is 0 Å². The van der Waals surface area contributed by atoms with Crippen LogP contribution in [0.1, 0.15) is 111 Å². The summed E-state index contributed by atoms with van der Waals surface area (Å²) in [7, 11) is -5.68. The Balaban J connectivity index is 3.71. The molecule has 216 valence electrons.